The van der Waals surface area contributed by atoms with Crippen molar-refractivity contribution < 1.29 is 4.79 Å². The fraction of sp³-hybridized carbons (Fsp3) is 0.0714. The minimum absolute atomic E-state index is 0.0309. The first kappa shape index (κ1) is 12.3. The van der Waals surface area contributed by atoms with E-state index in [1.54, 1.807) is 0 Å². The standard InChI is InChI=1S/C14H12IN3O/c15-9-5-6-12(10(16)7-9)18-8-14(19)17-11-3-1-2-4-13(11)18/h1-7H,8,16H2,(H,17,19). The Kier molecular flexibility index (Phi) is 3.06. The Hall–Kier alpha value is -1.76. The lowest BCUT2D eigenvalue weighted by Crippen LogP contribution is -2.35. The summed E-state index contributed by atoms with van der Waals surface area (Å²) in [6.45, 7) is 0.280. The van der Waals surface area contributed by atoms with Gasteiger partial charge in [-0.3, -0.25) is 4.79 Å². The van der Waals surface area contributed by atoms with Crippen molar-refractivity contribution in [3.63, 3.8) is 0 Å². The van der Waals surface area contributed by atoms with Gasteiger partial charge in [-0.1, -0.05) is 12.1 Å². The van der Waals surface area contributed by atoms with Crippen molar-refractivity contribution in [1.82, 2.24) is 0 Å². The largest absolute Gasteiger partial charge is 0.397 e. The summed E-state index contributed by atoms with van der Waals surface area (Å²) >= 11 is 2.22. The topological polar surface area (TPSA) is 58.4 Å². The highest BCUT2D eigenvalue weighted by Crippen LogP contribution is 2.37. The first-order chi connectivity index (χ1) is 9.15. The van der Waals surface area contributed by atoms with E-state index < -0.39 is 0 Å². The summed E-state index contributed by atoms with van der Waals surface area (Å²) in [5, 5.41) is 2.87. The van der Waals surface area contributed by atoms with Crippen LogP contribution >= 0.6 is 22.6 Å². The summed E-state index contributed by atoms with van der Waals surface area (Å²) in [7, 11) is 0. The molecule has 4 nitrogen and oxygen atoms in total. The molecule has 2 aromatic carbocycles. The first-order valence-corrected chi connectivity index (χ1v) is 6.94. The molecule has 0 aromatic heterocycles. The van der Waals surface area contributed by atoms with Crippen molar-refractivity contribution in [1.29, 1.82) is 0 Å². The lowest BCUT2D eigenvalue weighted by molar-refractivity contribution is -0.115. The van der Waals surface area contributed by atoms with E-state index in [0.29, 0.717) is 5.69 Å². The maximum absolute atomic E-state index is 11.8. The minimum atomic E-state index is -0.0309. The van der Waals surface area contributed by atoms with E-state index in [2.05, 4.69) is 27.9 Å². The number of hydrogen-bond donors (Lipinski definition) is 2. The van der Waals surface area contributed by atoms with E-state index in [1.165, 1.54) is 0 Å². The van der Waals surface area contributed by atoms with Crippen molar-refractivity contribution in [2.45, 2.75) is 0 Å². The molecule has 0 bridgehead atoms. The third kappa shape index (κ3) is 2.25. The van der Waals surface area contributed by atoms with Gasteiger partial charge in [0.25, 0.3) is 0 Å². The van der Waals surface area contributed by atoms with Crippen LogP contribution in [0.3, 0.4) is 0 Å². The van der Waals surface area contributed by atoms with Crippen LogP contribution in [0.25, 0.3) is 0 Å². The molecular formula is C14H12IN3O. The molecule has 0 fully saturated rings. The zero-order valence-corrected chi connectivity index (χ0v) is 12.2. The molecule has 1 amide bonds. The molecule has 3 N–H and O–H groups in total. The number of halogens is 1. The van der Waals surface area contributed by atoms with E-state index in [0.717, 1.165) is 20.6 Å². The fourth-order valence-corrected chi connectivity index (χ4v) is 2.73. The van der Waals surface area contributed by atoms with Gasteiger partial charge < -0.3 is 16.0 Å². The van der Waals surface area contributed by atoms with Crippen LogP contribution in [0.5, 0.6) is 0 Å². The molecule has 0 atom stereocenters. The molecule has 0 saturated carbocycles. The molecule has 0 radical (unpaired) electrons. The van der Waals surface area contributed by atoms with Crippen LogP contribution in [0.2, 0.25) is 0 Å². The van der Waals surface area contributed by atoms with E-state index in [-0.39, 0.29) is 12.5 Å². The molecule has 2 aromatic rings. The number of amides is 1. The van der Waals surface area contributed by atoms with Crippen LogP contribution in [0, 0.1) is 3.57 Å². The van der Waals surface area contributed by atoms with Crippen molar-refractivity contribution >= 4 is 51.2 Å². The Morgan fingerprint density at radius 1 is 1.16 bits per heavy atom. The molecule has 0 saturated heterocycles. The average molecular weight is 365 g/mol. The monoisotopic (exact) mass is 365 g/mol. The van der Waals surface area contributed by atoms with Crippen LogP contribution < -0.4 is 16.0 Å². The van der Waals surface area contributed by atoms with Crippen molar-refractivity contribution in [2.75, 3.05) is 22.5 Å². The van der Waals surface area contributed by atoms with Crippen molar-refractivity contribution in [3.8, 4) is 0 Å². The van der Waals surface area contributed by atoms with Gasteiger partial charge in [-0.25, -0.2) is 0 Å². The number of rotatable bonds is 1. The van der Waals surface area contributed by atoms with E-state index in [9.17, 15) is 4.79 Å². The number of benzene rings is 2. The summed E-state index contributed by atoms with van der Waals surface area (Å²) in [6, 6.07) is 13.6. The third-order valence-corrected chi connectivity index (χ3v) is 3.72. The molecule has 19 heavy (non-hydrogen) atoms. The molecule has 1 aliphatic rings. The summed E-state index contributed by atoms with van der Waals surface area (Å²) in [5.74, 6) is -0.0309. The lowest BCUT2D eigenvalue weighted by atomic mass is 10.1. The molecule has 0 aliphatic carbocycles. The molecule has 96 valence electrons. The van der Waals surface area contributed by atoms with Crippen LogP contribution in [-0.2, 0) is 4.79 Å². The fourth-order valence-electron chi connectivity index (χ4n) is 2.22. The Labute approximate surface area is 124 Å². The van der Waals surface area contributed by atoms with Gasteiger partial charge in [0, 0.05) is 3.57 Å². The highest BCUT2D eigenvalue weighted by molar-refractivity contribution is 14.1. The number of nitrogens with one attached hydrogen (secondary N) is 1. The van der Waals surface area contributed by atoms with Gasteiger partial charge in [0.05, 0.1) is 22.7 Å². The number of para-hydroxylation sites is 2. The number of nitrogens with zero attached hydrogens (tertiary/aromatic N) is 1. The molecule has 1 heterocycles. The number of anilines is 4. The summed E-state index contributed by atoms with van der Waals surface area (Å²) in [6.07, 6.45) is 0. The Balaban J connectivity index is 2.12. The zero-order valence-electron chi connectivity index (χ0n) is 10.1. The first-order valence-electron chi connectivity index (χ1n) is 5.86. The number of fused-ring (bicyclic) bond motifs is 1. The minimum Gasteiger partial charge on any atom is -0.397 e. The molecule has 5 heteroatoms. The number of nitrogens with two attached hydrogens (primary N) is 1. The lowest BCUT2D eigenvalue weighted by Gasteiger charge is -2.31. The highest BCUT2D eigenvalue weighted by Gasteiger charge is 2.23. The quantitative estimate of drug-likeness (QED) is 0.604. The zero-order chi connectivity index (χ0) is 13.4. The van der Waals surface area contributed by atoms with Gasteiger partial charge in [0.1, 0.15) is 6.54 Å². The molecule has 0 spiro atoms. The van der Waals surface area contributed by atoms with Crippen LogP contribution in [-0.4, -0.2) is 12.5 Å². The number of hydrogen-bond acceptors (Lipinski definition) is 3. The Bertz CT molecular complexity index is 657. The maximum Gasteiger partial charge on any atom is 0.244 e. The number of carbonyl (C=O) groups excluding carboxylic acids is 1. The molecule has 3 rings (SSSR count). The van der Waals surface area contributed by atoms with Gasteiger partial charge in [-0.15, -0.1) is 0 Å². The predicted molar refractivity (Wildman–Crippen MR) is 85.6 cm³/mol. The van der Waals surface area contributed by atoms with Gasteiger partial charge in [0.15, 0.2) is 0 Å². The normalized spacial score (nSPS) is 13.9. The van der Waals surface area contributed by atoms with Gasteiger partial charge in [-0.2, -0.15) is 0 Å². The third-order valence-electron chi connectivity index (χ3n) is 3.05. The van der Waals surface area contributed by atoms with E-state index in [1.807, 2.05) is 47.4 Å². The molecule has 1 aliphatic heterocycles. The highest BCUT2D eigenvalue weighted by atomic mass is 127. The number of carbonyl (C=O) groups is 1. The van der Waals surface area contributed by atoms with Gasteiger partial charge >= 0.3 is 0 Å². The van der Waals surface area contributed by atoms with E-state index in [4.69, 9.17) is 5.73 Å². The van der Waals surface area contributed by atoms with Crippen LogP contribution in [0.15, 0.2) is 42.5 Å². The predicted octanol–water partition coefficient (Wildman–Crippen LogP) is 2.96. The second-order valence-corrected chi connectivity index (χ2v) is 5.60. The van der Waals surface area contributed by atoms with Crippen molar-refractivity contribution in [3.05, 3.63) is 46.0 Å². The van der Waals surface area contributed by atoms with Gasteiger partial charge in [-0.05, 0) is 52.9 Å². The molecule has 0 unspecified atom stereocenters. The van der Waals surface area contributed by atoms with Crippen LogP contribution in [0.1, 0.15) is 0 Å². The summed E-state index contributed by atoms with van der Waals surface area (Å²) < 4.78 is 1.08. The average Bonchev–Trinajstić information content (AvgIpc) is 2.38. The number of nitrogen functional groups attached to an aromatic ring is 1. The molecular weight excluding hydrogens is 353 g/mol. The van der Waals surface area contributed by atoms with E-state index >= 15 is 0 Å². The maximum atomic E-state index is 11.8. The second-order valence-electron chi connectivity index (χ2n) is 4.35. The van der Waals surface area contributed by atoms with Crippen LogP contribution in [0.4, 0.5) is 22.7 Å². The smallest absolute Gasteiger partial charge is 0.244 e. The SMILES string of the molecule is Nc1cc(I)ccc1N1CC(=O)Nc2ccccc21. The summed E-state index contributed by atoms with van der Waals surface area (Å²) in [4.78, 5) is 13.7. The van der Waals surface area contributed by atoms with Crippen molar-refractivity contribution in [2.24, 2.45) is 0 Å². The second kappa shape index (κ2) is 4.73. The van der Waals surface area contributed by atoms with Gasteiger partial charge in [0.2, 0.25) is 5.91 Å². The Morgan fingerprint density at radius 3 is 2.74 bits per heavy atom. The summed E-state index contributed by atoms with van der Waals surface area (Å²) in [5.41, 5.74) is 9.40. The Morgan fingerprint density at radius 2 is 1.95 bits per heavy atom.